The van der Waals surface area contributed by atoms with E-state index >= 15 is 0 Å². The number of aromatic nitrogens is 2. The number of Topliss-reactive ketones (excluding diaryl/α,β-unsaturated/α-hetero) is 1. The highest BCUT2D eigenvalue weighted by Crippen LogP contribution is 2.16. The highest BCUT2D eigenvalue weighted by Gasteiger charge is 2.18. The molecule has 28 heavy (non-hydrogen) atoms. The van der Waals surface area contributed by atoms with Crippen molar-refractivity contribution in [2.75, 3.05) is 6.61 Å². The molecule has 0 amide bonds. The third-order valence-electron chi connectivity index (χ3n) is 3.89. The quantitative estimate of drug-likeness (QED) is 0.477. The van der Waals surface area contributed by atoms with Gasteiger partial charge in [0.2, 0.25) is 0 Å². The predicted octanol–water partition coefficient (Wildman–Crippen LogP) is 2.57. The molecular formula is C19H14F2N2O5. The third kappa shape index (κ3) is 4.03. The van der Waals surface area contributed by atoms with Gasteiger partial charge in [0, 0.05) is 18.0 Å². The van der Waals surface area contributed by atoms with E-state index in [0.29, 0.717) is 10.8 Å². The van der Waals surface area contributed by atoms with Crippen LogP contribution in [0.4, 0.5) is 8.78 Å². The van der Waals surface area contributed by atoms with Crippen molar-refractivity contribution in [2.45, 2.75) is 6.61 Å². The van der Waals surface area contributed by atoms with Gasteiger partial charge in [-0.2, -0.15) is 13.9 Å². The SMILES string of the molecule is Cn1nc(C(=O)OCC(=O)c2ccc(OC(F)F)cc2)c2ccccc2c1=O. The summed E-state index contributed by atoms with van der Waals surface area (Å²) < 4.78 is 34.5. The van der Waals surface area contributed by atoms with E-state index < -0.39 is 25.0 Å². The Morgan fingerprint density at radius 3 is 2.36 bits per heavy atom. The summed E-state index contributed by atoms with van der Waals surface area (Å²) in [6, 6.07) is 11.4. The number of esters is 1. The minimum absolute atomic E-state index is 0.0915. The molecule has 0 saturated heterocycles. The average Bonchev–Trinajstić information content (AvgIpc) is 2.68. The van der Waals surface area contributed by atoms with Crippen molar-refractivity contribution in [1.29, 1.82) is 0 Å². The molecule has 9 heteroatoms. The van der Waals surface area contributed by atoms with Gasteiger partial charge in [-0.1, -0.05) is 18.2 Å². The van der Waals surface area contributed by atoms with Gasteiger partial charge in [0.05, 0.1) is 5.39 Å². The number of hydrogen-bond acceptors (Lipinski definition) is 6. The molecule has 7 nitrogen and oxygen atoms in total. The maximum absolute atomic E-state index is 12.4. The monoisotopic (exact) mass is 388 g/mol. The molecule has 0 atom stereocenters. The lowest BCUT2D eigenvalue weighted by Gasteiger charge is -2.08. The second-order valence-corrected chi connectivity index (χ2v) is 5.73. The zero-order chi connectivity index (χ0) is 20.3. The van der Waals surface area contributed by atoms with E-state index in [1.165, 1.54) is 31.3 Å². The first-order valence-corrected chi connectivity index (χ1v) is 8.08. The Morgan fingerprint density at radius 2 is 1.71 bits per heavy atom. The number of fused-ring (bicyclic) bond motifs is 1. The molecule has 0 aliphatic carbocycles. The van der Waals surface area contributed by atoms with Crippen LogP contribution in [-0.2, 0) is 11.8 Å². The van der Waals surface area contributed by atoms with E-state index in [2.05, 4.69) is 9.84 Å². The van der Waals surface area contributed by atoms with Crippen LogP contribution in [0, 0.1) is 0 Å². The minimum Gasteiger partial charge on any atom is -0.452 e. The molecular weight excluding hydrogens is 374 g/mol. The molecule has 0 bridgehead atoms. The van der Waals surface area contributed by atoms with Crippen LogP contribution in [0.3, 0.4) is 0 Å². The number of rotatable bonds is 6. The highest BCUT2D eigenvalue weighted by molar-refractivity contribution is 6.04. The molecule has 2 aromatic carbocycles. The van der Waals surface area contributed by atoms with Gasteiger partial charge in [0.25, 0.3) is 5.56 Å². The molecule has 0 aliphatic rings. The van der Waals surface area contributed by atoms with Crippen LogP contribution in [0.5, 0.6) is 5.75 Å². The van der Waals surface area contributed by atoms with Gasteiger partial charge in [-0.3, -0.25) is 9.59 Å². The highest BCUT2D eigenvalue weighted by atomic mass is 19.3. The summed E-state index contributed by atoms with van der Waals surface area (Å²) in [6.45, 7) is -3.54. The zero-order valence-corrected chi connectivity index (χ0v) is 14.6. The van der Waals surface area contributed by atoms with E-state index in [4.69, 9.17) is 4.74 Å². The predicted molar refractivity (Wildman–Crippen MR) is 94.7 cm³/mol. The number of ether oxygens (including phenoxy) is 2. The summed E-state index contributed by atoms with van der Waals surface area (Å²) in [4.78, 5) is 36.6. The van der Waals surface area contributed by atoms with Gasteiger partial charge in [-0.25, -0.2) is 9.48 Å². The van der Waals surface area contributed by atoms with E-state index in [1.807, 2.05) is 0 Å². The van der Waals surface area contributed by atoms with Crippen LogP contribution in [0.2, 0.25) is 0 Å². The molecule has 144 valence electrons. The van der Waals surface area contributed by atoms with Gasteiger partial charge in [-0.05, 0) is 30.3 Å². The first kappa shape index (κ1) is 19.2. The number of benzene rings is 2. The molecule has 1 aromatic heterocycles. The van der Waals surface area contributed by atoms with Crippen LogP contribution in [-0.4, -0.2) is 34.8 Å². The van der Waals surface area contributed by atoms with Crippen molar-refractivity contribution in [3.05, 3.63) is 70.1 Å². The van der Waals surface area contributed by atoms with Crippen molar-refractivity contribution in [3.8, 4) is 5.75 Å². The Bertz CT molecular complexity index is 1090. The molecule has 0 N–H and O–H groups in total. The van der Waals surface area contributed by atoms with Crippen molar-refractivity contribution in [2.24, 2.45) is 7.05 Å². The molecule has 0 saturated carbocycles. The number of aryl methyl sites for hydroxylation is 1. The molecule has 1 heterocycles. The molecule has 0 aliphatic heterocycles. The van der Waals surface area contributed by atoms with Gasteiger partial charge < -0.3 is 9.47 Å². The molecule has 3 aromatic rings. The smallest absolute Gasteiger partial charge is 0.387 e. The third-order valence-corrected chi connectivity index (χ3v) is 3.89. The largest absolute Gasteiger partial charge is 0.452 e. The number of halogens is 2. The summed E-state index contributed by atoms with van der Waals surface area (Å²) in [5.41, 5.74) is -0.298. The number of carbonyl (C=O) groups is 2. The van der Waals surface area contributed by atoms with Gasteiger partial charge in [-0.15, -0.1) is 0 Å². The summed E-state index contributed by atoms with van der Waals surface area (Å²) in [7, 11) is 1.40. The van der Waals surface area contributed by atoms with E-state index in [9.17, 15) is 23.2 Å². The number of carbonyl (C=O) groups excluding carboxylic acids is 2. The molecule has 3 rings (SSSR count). The first-order chi connectivity index (χ1) is 13.4. The molecule has 0 radical (unpaired) electrons. The van der Waals surface area contributed by atoms with Crippen molar-refractivity contribution < 1.29 is 27.8 Å². The number of nitrogens with zero attached hydrogens (tertiary/aromatic N) is 2. The number of ketones is 1. The molecule has 0 fully saturated rings. The lowest BCUT2D eigenvalue weighted by atomic mass is 10.1. The number of hydrogen-bond donors (Lipinski definition) is 0. The second-order valence-electron chi connectivity index (χ2n) is 5.73. The normalized spacial score (nSPS) is 10.9. The summed E-state index contributed by atoms with van der Waals surface area (Å²) >= 11 is 0. The first-order valence-electron chi connectivity index (χ1n) is 8.08. The molecule has 0 unspecified atom stereocenters. The number of alkyl halides is 2. The Balaban J connectivity index is 1.74. The summed E-state index contributed by atoms with van der Waals surface area (Å²) in [5, 5.41) is 4.54. The Morgan fingerprint density at radius 1 is 1.07 bits per heavy atom. The van der Waals surface area contributed by atoms with Crippen molar-refractivity contribution in [1.82, 2.24) is 9.78 Å². The van der Waals surface area contributed by atoms with E-state index in [-0.39, 0.29) is 22.6 Å². The van der Waals surface area contributed by atoms with Crippen LogP contribution in [0.25, 0.3) is 10.8 Å². The zero-order valence-electron chi connectivity index (χ0n) is 14.6. The van der Waals surface area contributed by atoms with Crippen LogP contribution in [0.1, 0.15) is 20.8 Å². The fourth-order valence-electron chi connectivity index (χ4n) is 2.56. The molecule has 0 spiro atoms. The Labute approximate surface area is 157 Å². The average molecular weight is 388 g/mol. The lowest BCUT2D eigenvalue weighted by molar-refractivity contribution is -0.0498. The van der Waals surface area contributed by atoms with Crippen molar-refractivity contribution >= 4 is 22.5 Å². The summed E-state index contributed by atoms with van der Waals surface area (Å²) in [5.74, 6) is -1.49. The van der Waals surface area contributed by atoms with Gasteiger partial charge in [0.1, 0.15) is 5.75 Å². The topological polar surface area (TPSA) is 87.5 Å². The maximum atomic E-state index is 12.4. The van der Waals surface area contributed by atoms with Crippen LogP contribution in [0.15, 0.2) is 53.3 Å². The minimum atomic E-state index is -2.97. The maximum Gasteiger partial charge on any atom is 0.387 e. The summed E-state index contributed by atoms with van der Waals surface area (Å²) in [6.07, 6.45) is 0. The van der Waals surface area contributed by atoms with Crippen LogP contribution >= 0.6 is 0 Å². The van der Waals surface area contributed by atoms with Gasteiger partial charge in [0.15, 0.2) is 18.1 Å². The van der Waals surface area contributed by atoms with Gasteiger partial charge >= 0.3 is 12.6 Å². The van der Waals surface area contributed by atoms with Crippen LogP contribution < -0.4 is 10.3 Å². The van der Waals surface area contributed by atoms with Crippen molar-refractivity contribution in [3.63, 3.8) is 0 Å². The lowest BCUT2D eigenvalue weighted by Crippen LogP contribution is -2.24. The fourth-order valence-corrected chi connectivity index (χ4v) is 2.56. The second kappa shape index (κ2) is 7.95. The standard InChI is InChI=1S/C19H14F2N2O5/c1-23-17(25)14-5-3-2-4-13(14)16(22-23)18(26)27-10-15(24)11-6-8-12(9-7-11)28-19(20)21/h2-9,19H,10H2,1H3. The van der Waals surface area contributed by atoms with E-state index in [0.717, 1.165) is 4.68 Å². The fraction of sp³-hybridized carbons (Fsp3) is 0.158. The Hall–Kier alpha value is -3.62. The Kier molecular flexibility index (Phi) is 5.44. The van der Waals surface area contributed by atoms with E-state index in [1.54, 1.807) is 24.3 Å².